The van der Waals surface area contributed by atoms with E-state index in [0.29, 0.717) is 30.7 Å². The number of imide groups is 1. The van der Waals surface area contributed by atoms with E-state index in [1.54, 1.807) is 30.8 Å². The van der Waals surface area contributed by atoms with Crippen LogP contribution in [0.5, 0.6) is 0 Å². The van der Waals surface area contributed by atoms with Gasteiger partial charge < -0.3 is 67.1 Å². The molecule has 9 amide bonds. The highest BCUT2D eigenvalue weighted by molar-refractivity contribution is 6.15. The van der Waals surface area contributed by atoms with Crippen LogP contribution in [0.3, 0.4) is 0 Å². The molecule has 1 fully saturated rings. The summed E-state index contributed by atoms with van der Waals surface area (Å²) in [6.45, 7) is 15.4. The number of carboxylic acids is 1. The third-order valence-electron chi connectivity index (χ3n) is 13.7. The number of rotatable bonds is 31. The van der Waals surface area contributed by atoms with Crippen molar-refractivity contribution in [3.8, 4) is 0 Å². The molecule has 13 atom stereocenters. The predicted molar refractivity (Wildman–Crippen MR) is 267 cm³/mol. The lowest BCUT2D eigenvalue weighted by Gasteiger charge is -2.41. The molecule has 2 heterocycles. The molecule has 0 saturated carbocycles. The number of carbonyl (C=O) groups excluding carboxylic acids is 9. The van der Waals surface area contributed by atoms with Crippen LogP contribution in [0.1, 0.15) is 101 Å². The summed E-state index contributed by atoms with van der Waals surface area (Å²) < 4.78 is 11.9. The highest BCUT2D eigenvalue weighted by Gasteiger charge is 2.44. The van der Waals surface area contributed by atoms with E-state index in [4.69, 9.17) is 15.2 Å². The highest BCUT2D eigenvalue weighted by atomic mass is 16.5. The van der Waals surface area contributed by atoms with Gasteiger partial charge in [0.25, 0.3) is 11.8 Å². The van der Waals surface area contributed by atoms with E-state index in [2.05, 4.69) is 31.9 Å². The van der Waals surface area contributed by atoms with E-state index < -0.39 is 127 Å². The normalized spacial score (nSPS) is 19.7. The second-order valence-corrected chi connectivity index (χ2v) is 19.8. The third kappa shape index (κ3) is 17.5. The number of carbonyl (C=O) groups is 10. The van der Waals surface area contributed by atoms with E-state index in [9.17, 15) is 58.2 Å². The van der Waals surface area contributed by atoms with Gasteiger partial charge in [0.15, 0.2) is 0 Å². The molecule has 0 radical (unpaired) electrons. The average Bonchev–Trinajstić information content (AvgIpc) is 3.95. The summed E-state index contributed by atoms with van der Waals surface area (Å²) in [6.07, 6.45) is -0.616. The van der Waals surface area contributed by atoms with Gasteiger partial charge in [-0.25, -0.2) is 0 Å². The van der Waals surface area contributed by atoms with E-state index in [-0.39, 0.29) is 55.0 Å². The molecular formula is C49H84N10O14. The summed E-state index contributed by atoms with van der Waals surface area (Å²) in [7, 11) is 6.20. The van der Waals surface area contributed by atoms with Gasteiger partial charge in [-0.05, 0) is 57.9 Å². The zero-order valence-electron chi connectivity index (χ0n) is 44.9. The number of hydrogen-bond donors (Lipinski definition) is 9. The zero-order chi connectivity index (χ0) is 55.6. The SMILES string of the molecule is CC[C@H](C)[C@@H]([C@@H](CC(=O)N1CCC[C@H]1C(OC)[C@@H](C)C(=O)N[C@H](C(=O)N[C@@H](CCC(=O)O)C(=O)N[C@H](C)CNC(=O)[C@H](CN)N1C(=O)C=CC1=O)C(C)O)OC)N(C)C(=O)[C@@H](NC(=O)[C@@H](NC)C(C)C)C(C)C. The average molecular weight is 1040 g/mol. The van der Waals surface area contributed by atoms with Gasteiger partial charge in [0.1, 0.15) is 24.2 Å². The smallest absolute Gasteiger partial charge is 0.303 e. The summed E-state index contributed by atoms with van der Waals surface area (Å²) in [5.41, 5.74) is 5.68. The van der Waals surface area contributed by atoms with E-state index in [0.717, 1.165) is 12.2 Å². The van der Waals surface area contributed by atoms with Crippen LogP contribution < -0.4 is 37.6 Å². The number of likely N-dealkylation sites (tertiary alicyclic amines) is 1. The Labute approximate surface area is 429 Å². The Morgan fingerprint density at radius 2 is 1.38 bits per heavy atom. The van der Waals surface area contributed by atoms with Crippen molar-refractivity contribution in [1.29, 1.82) is 0 Å². The molecular weight excluding hydrogens is 953 g/mol. The standard InChI is InChI=1S/C49H84N10O14/c1-14-27(6)42(57(11)49(71)40(26(4)5)55-47(69)39(51-10)25(2)3)34(72-12)22-37(63)58-21-15-16-32(58)43(73-13)29(8)44(66)56-41(30(9)60)48(70)54-31(17-20-38(64)65)45(67)53-28(7)24-52-46(68)33(23-50)59-35(61)18-19-36(59)62/h18-19,25-34,39-43,51,60H,14-17,20-24,50H2,1-13H3,(H,52,68)(H,53,67)(H,54,70)(H,55,69)(H,56,66)(H,64,65)/t27-,28+,29+,30?,31-,32-,33-,34+,39-,40-,41-,42-,43?/m0/s1. The first-order valence-electron chi connectivity index (χ1n) is 25.2. The number of nitrogens with zero attached hydrogens (tertiary/aromatic N) is 3. The molecule has 1 saturated heterocycles. The molecule has 2 unspecified atom stereocenters. The Bertz CT molecular complexity index is 1950. The van der Waals surface area contributed by atoms with E-state index in [1.807, 2.05) is 41.5 Å². The molecule has 2 rings (SSSR count). The Morgan fingerprint density at radius 3 is 1.88 bits per heavy atom. The number of nitrogens with one attached hydrogen (secondary N) is 6. The van der Waals surface area contributed by atoms with Crippen LogP contribution in [0, 0.1) is 23.7 Å². The summed E-state index contributed by atoms with van der Waals surface area (Å²) in [5.74, 6) is -8.49. The quantitative estimate of drug-likeness (QED) is 0.0353. The molecule has 0 aromatic rings. The predicted octanol–water partition coefficient (Wildman–Crippen LogP) is -1.62. The number of amides is 9. The van der Waals surface area contributed by atoms with Gasteiger partial charge in [-0.1, -0.05) is 54.9 Å². The fourth-order valence-corrected chi connectivity index (χ4v) is 9.35. The number of methoxy groups -OCH3 is 2. The summed E-state index contributed by atoms with van der Waals surface area (Å²) >= 11 is 0. The first-order valence-corrected chi connectivity index (χ1v) is 25.2. The fraction of sp³-hybridized carbons (Fsp3) is 0.755. The van der Waals surface area contributed by atoms with Crippen LogP contribution in [0.25, 0.3) is 0 Å². The molecule has 10 N–H and O–H groups in total. The second kappa shape index (κ2) is 30.0. The minimum Gasteiger partial charge on any atom is -0.481 e. The molecule has 414 valence electrons. The van der Waals surface area contributed by atoms with Crippen molar-refractivity contribution in [3.05, 3.63) is 12.2 Å². The molecule has 0 aliphatic carbocycles. The number of aliphatic hydroxyl groups is 1. The lowest BCUT2D eigenvalue weighted by Crippen LogP contribution is -2.60. The van der Waals surface area contributed by atoms with Crippen LogP contribution >= 0.6 is 0 Å². The molecule has 0 bridgehead atoms. The number of aliphatic carboxylic acids is 1. The van der Waals surface area contributed by atoms with Gasteiger partial charge >= 0.3 is 5.97 Å². The monoisotopic (exact) mass is 1040 g/mol. The van der Waals surface area contributed by atoms with Crippen molar-refractivity contribution >= 4 is 59.1 Å². The fourth-order valence-electron chi connectivity index (χ4n) is 9.35. The third-order valence-corrected chi connectivity index (χ3v) is 13.7. The molecule has 2 aliphatic rings. The molecule has 73 heavy (non-hydrogen) atoms. The Kier molecular flexibility index (Phi) is 26.1. The van der Waals surface area contributed by atoms with E-state index >= 15 is 0 Å². The van der Waals surface area contributed by atoms with Crippen molar-refractivity contribution in [3.63, 3.8) is 0 Å². The number of ether oxygens (including phenoxy) is 2. The maximum atomic E-state index is 14.4. The molecule has 0 aromatic carbocycles. The Hall–Kier alpha value is -5.56. The first-order chi connectivity index (χ1) is 34.2. The van der Waals surface area contributed by atoms with Gasteiger partial charge in [-0.2, -0.15) is 0 Å². The topological polar surface area (TPSA) is 338 Å². The number of carboxylic acid groups (broad SMARTS) is 1. The van der Waals surface area contributed by atoms with Crippen molar-refractivity contribution in [2.75, 3.05) is 47.9 Å². The number of hydrogen-bond acceptors (Lipinski definition) is 15. The number of nitrogens with two attached hydrogens (primary N) is 1. The van der Waals surface area contributed by atoms with Gasteiger partial charge in [0.05, 0.1) is 48.8 Å². The van der Waals surface area contributed by atoms with Gasteiger partial charge in [0, 0.05) is 65.5 Å². The van der Waals surface area contributed by atoms with Gasteiger partial charge in [-0.3, -0.25) is 52.8 Å². The van der Waals surface area contributed by atoms with Crippen LogP contribution in [0.15, 0.2) is 12.2 Å². The van der Waals surface area contributed by atoms with Crippen molar-refractivity contribution in [2.24, 2.45) is 29.4 Å². The lowest BCUT2D eigenvalue weighted by atomic mass is 9.89. The van der Waals surface area contributed by atoms with Crippen LogP contribution in [-0.4, -0.2) is 199 Å². The largest absolute Gasteiger partial charge is 0.481 e. The number of aliphatic hydroxyl groups excluding tert-OH is 1. The Morgan fingerprint density at radius 1 is 0.808 bits per heavy atom. The van der Waals surface area contributed by atoms with Gasteiger partial charge in [-0.15, -0.1) is 0 Å². The zero-order valence-corrected chi connectivity index (χ0v) is 44.9. The van der Waals surface area contributed by atoms with Crippen molar-refractivity contribution in [2.45, 2.75) is 167 Å². The van der Waals surface area contributed by atoms with Crippen molar-refractivity contribution < 1.29 is 67.6 Å². The Balaban J connectivity index is 2.24. The minimum absolute atomic E-state index is 0.0348. The lowest BCUT2D eigenvalue weighted by molar-refractivity contribution is -0.148. The molecule has 24 nitrogen and oxygen atoms in total. The summed E-state index contributed by atoms with van der Waals surface area (Å²) in [5, 5.41) is 36.2. The molecule has 0 aromatic heterocycles. The molecule has 24 heteroatoms. The highest BCUT2D eigenvalue weighted by Crippen LogP contribution is 2.30. The van der Waals surface area contributed by atoms with Gasteiger partial charge in [0.2, 0.25) is 41.4 Å². The molecule has 2 aliphatic heterocycles. The molecule has 0 spiro atoms. The first kappa shape index (κ1) is 63.6. The number of likely N-dealkylation sites (N-methyl/N-ethyl adjacent to an activating group) is 2. The van der Waals surface area contributed by atoms with Crippen molar-refractivity contribution in [1.82, 2.24) is 46.6 Å². The maximum absolute atomic E-state index is 14.4. The maximum Gasteiger partial charge on any atom is 0.303 e. The second-order valence-electron chi connectivity index (χ2n) is 19.8. The van der Waals surface area contributed by atoms with Crippen LogP contribution in [-0.2, 0) is 57.4 Å². The summed E-state index contributed by atoms with van der Waals surface area (Å²) in [4.78, 5) is 136. The van der Waals surface area contributed by atoms with Crippen LogP contribution in [0.4, 0.5) is 0 Å². The minimum atomic E-state index is -1.65. The van der Waals surface area contributed by atoms with Crippen LogP contribution in [0.2, 0.25) is 0 Å². The summed E-state index contributed by atoms with van der Waals surface area (Å²) in [6, 6.07) is -7.86. The van der Waals surface area contributed by atoms with E-state index in [1.165, 1.54) is 28.1 Å².